The Hall–Kier alpha value is -1.43. The van der Waals surface area contributed by atoms with E-state index in [0.717, 1.165) is 0 Å². The molecule has 1 amide bonds. The molecule has 0 bridgehead atoms. The third-order valence-corrected chi connectivity index (χ3v) is 3.53. The van der Waals surface area contributed by atoms with Crippen molar-refractivity contribution in [3.8, 4) is 0 Å². The van der Waals surface area contributed by atoms with Crippen LogP contribution in [0.15, 0.2) is 22.7 Å². The largest absolute Gasteiger partial charge is 0.444 e. The number of ether oxygens (including phenoxy) is 1. The highest BCUT2D eigenvalue weighted by Gasteiger charge is 2.21. The molecular formula is C16H21BrFNO3. The topological polar surface area (TPSA) is 55.4 Å². The molecule has 22 heavy (non-hydrogen) atoms. The number of rotatable bonds is 5. The van der Waals surface area contributed by atoms with Gasteiger partial charge in [-0.3, -0.25) is 4.79 Å². The Morgan fingerprint density at radius 3 is 2.50 bits per heavy atom. The molecule has 0 aliphatic carbocycles. The number of hydrogen-bond acceptors (Lipinski definition) is 3. The zero-order chi connectivity index (χ0) is 16.9. The third kappa shape index (κ3) is 6.13. The van der Waals surface area contributed by atoms with Crippen molar-refractivity contribution < 1.29 is 18.7 Å². The van der Waals surface area contributed by atoms with Crippen LogP contribution in [0.25, 0.3) is 0 Å². The van der Waals surface area contributed by atoms with Crippen molar-refractivity contribution in [2.24, 2.45) is 0 Å². The quantitative estimate of drug-likeness (QED) is 0.774. The SMILES string of the molecule is CCC(CC(=O)c1ccc(F)cc1Br)NC(=O)OC(C)(C)C. The molecule has 0 aliphatic heterocycles. The van der Waals surface area contributed by atoms with Gasteiger partial charge in [-0.25, -0.2) is 9.18 Å². The highest BCUT2D eigenvalue weighted by molar-refractivity contribution is 9.10. The van der Waals surface area contributed by atoms with Gasteiger partial charge in [-0.05, 0) is 61.3 Å². The zero-order valence-corrected chi connectivity index (χ0v) is 14.8. The lowest BCUT2D eigenvalue weighted by Crippen LogP contribution is -2.39. The summed E-state index contributed by atoms with van der Waals surface area (Å²) in [6, 6.07) is 3.58. The predicted molar refractivity (Wildman–Crippen MR) is 86.5 cm³/mol. The van der Waals surface area contributed by atoms with Gasteiger partial charge in [-0.1, -0.05) is 6.92 Å². The van der Waals surface area contributed by atoms with E-state index in [1.807, 2.05) is 6.92 Å². The Kier molecular flexibility index (Phi) is 6.53. The van der Waals surface area contributed by atoms with E-state index in [1.54, 1.807) is 20.8 Å². The molecule has 0 heterocycles. The Labute approximate surface area is 138 Å². The summed E-state index contributed by atoms with van der Waals surface area (Å²) < 4.78 is 18.6. The molecule has 1 N–H and O–H groups in total. The second-order valence-electron chi connectivity index (χ2n) is 6.00. The van der Waals surface area contributed by atoms with Crippen LogP contribution in [0.1, 0.15) is 50.9 Å². The van der Waals surface area contributed by atoms with Crippen LogP contribution >= 0.6 is 15.9 Å². The van der Waals surface area contributed by atoms with Gasteiger partial charge in [0.25, 0.3) is 0 Å². The number of hydrogen-bond donors (Lipinski definition) is 1. The first-order valence-corrected chi connectivity index (χ1v) is 7.89. The average Bonchev–Trinajstić information content (AvgIpc) is 2.35. The molecule has 1 aromatic rings. The monoisotopic (exact) mass is 373 g/mol. The molecule has 0 saturated carbocycles. The first kappa shape index (κ1) is 18.6. The van der Waals surface area contributed by atoms with Crippen molar-refractivity contribution in [3.63, 3.8) is 0 Å². The maximum absolute atomic E-state index is 13.1. The summed E-state index contributed by atoms with van der Waals surface area (Å²) in [5, 5.41) is 2.68. The molecule has 122 valence electrons. The molecule has 1 unspecified atom stereocenters. The second kappa shape index (κ2) is 7.72. The Bertz CT molecular complexity index is 555. The van der Waals surface area contributed by atoms with E-state index in [0.29, 0.717) is 16.5 Å². The van der Waals surface area contributed by atoms with Gasteiger partial charge in [0.05, 0.1) is 0 Å². The number of benzene rings is 1. The summed E-state index contributed by atoms with van der Waals surface area (Å²) in [6.45, 7) is 7.19. The van der Waals surface area contributed by atoms with Gasteiger partial charge >= 0.3 is 6.09 Å². The Morgan fingerprint density at radius 1 is 1.36 bits per heavy atom. The fraction of sp³-hybridized carbons (Fsp3) is 0.500. The maximum atomic E-state index is 13.1. The third-order valence-electron chi connectivity index (χ3n) is 2.88. The predicted octanol–water partition coefficient (Wildman–Crippen LogP) is 4.46. The molecule has 0 aliphatic rings. The van der Waals surface area contributed by atoms with Gasteiger partial charge in [0.15, 0.2) is 5.78 Å². The van der Waals surface area contributed by atoms with Crippen LogP contribution in [0, 0.1) is 5.82 Å². The van der Waals surface area contributed by atoms with Crippen LogP contribution in [0.3, 0.4) is 0 Å². The lowest BCUT2D eigenvalue weighted by atomic mass is 10.0. The minimum atomic E-state index is -0.591. The molecule has 1 aromatic carbocycles. The van der Waals surface area contributed by atoms with Gasteiger partial charge in [0.1, 0.15) is 11.4 Å². The fourth-order valence-corrected chi connectivity index (χ4v) is 2.39. The molecule has 4 nitrogen and oxygen atoms in total. The Morgan fingerprint density at radius 2 is 2.00 bits per heavy atom. The molecule has 0 fully saturated rings. The van der Waals surface area contributed by atoms with Crippen molar-refractivity contribution in [2.75, 3.05) is 0 Å². The minimum Gasteiger partial charge on any atom is -0.444 e. The van der Waals surface area contributed by atoms with E-state index < -0.39 is 17.5 Å². The van der Waals surface area contributed by atoms with Crippen LogP contribution in [0.4, 0.5) is 9.18 Å². The maximum Gasteiger partial charge on any atom is 0.407 e. The van der Waals surface area contributed by atoms with E-state index in [4.69, 9.17) is 4.74 Å². The molecule has 0 aromatic heterocycles. The van der Waals surface area contributed by atoms with Crippen LogP contribution in [0.2, 0.25) is 0 Å². The summed E-state index contributed by atoms with van der Waals surface area (Å²) in [5.41, 5.74) is -0.197. The standard InChI is InChI=1S/C16H21BrFNO3/c1-5-11(19-15(21)22-16(2,3)4)9-14(20)12-7-6-10(18)8-13(12)17/h6-8,11H,5,9H2,1-4H3,(H,19,21). The van der Waals surface area contributed by atoms with Gasteiger partial charge in [-0.2, -0.15) is 0 Å². The van der Waals surface area contributed by atoms with Crippen LogP contribution in [-0.2, 0) is 4.74 Å². The number of ketones is 1. The van der Waals surface area contributed by atoms with Crippen molar-refractivity contribution in [2.45, 2.75) is 52.2 Å². The number of amides is 1. The fourth-order valence-electron chi connectivity index (χ4n) is 1.82. The van der Waals surface area contributed by atoms with Crippen LogP contribution in [0.5, 0.6) is 0 Å². The van der Waals surface area contributed by atoms with Gasteiger partial charge in [0.2, 0.25) is 0 Å². The first-order chi connectivity index (χ1) is 10.1. The Balaban J connectivity index is 2.69. The lowest BCUT2D eigenvalue weighted by molar-refractivity contribution is 0.0500. The van der Waals surface area contributed by atoms with Gasteiger partial charge in [-0.15, -0.1) is 0 Å². The van der Waals surface area contributed by atoms with Crippen molar-refractivity contribution in [1.29, 1.82) is 0 Å². The van der Waals surface area contributed by atoms with Crippen molar-refractivity contribution in [3.05, 3.63) is 34.1 Å². The summed E-state index contributed by atoms with van der Waals surface area (Å²) in [6.07, 6.45) is 0.161. The van der Waals surface area contributed by atoms with Crippen molar-refractivity contribution >= 4 is 27.8 Å². The number of alkyl carbamates (subject to hydrolysis) is 1. The zero-order valence-electron chi connectivity index (χ0n) is 13.2. The summed E-state index contributed by atoms with van der Waals surface area (Å²) in [5.74, 6) is -0.586. The van der Waals surface area contributed by atoms with E-state index in [9.17, 15) is 14.0 Å². The van der Waals surface area contributed by atoms with E-state index in [2.05, 4.69) is 21.2 Å². The van der Waals surface area contributed by atoms with E-state index in [1.165, 1.54) is 18.2 Å². The number of carbonyl (C=O) groups is 2. The minimum absolute atomic E-state index is 0.125. The van der Waals surface area contributed by atoms with Crippen molar-refractivity contribution in [1.82, 2.24) is 5.32 Å². The molecule has 1 rings (SSSR count). The van der Waals surface area contributed by atoms with E-state index in [-0.39, 0.29) is 18.2 Å². The highest BCUT2D eigenvalue weighted by atomic mass is 79.9. The molecule has 0 saturated heterocycles. The average molecular weight is 374 g/mol. The number of halogens is 2. The lowest BCUT2D eigenvalue weighted by Gasteiger charge is -2.23. The van der Waals surface area contributed by atoms with Crippen LogP contribution < -0.4 is 5.32 Å². The molecule has 1 atom stereocenters. The normalized spacial score (nSPS) is 12.6. The summed E-state index contributed by atoms with van der Waals surface area (Å²) in [4.78, 5) is 24.0. The summed E-state index contributed by atoms with van der Waals surface area (Å²) >= 11 is 3.18. The molecule has 0 radical (unpaired) electrons. The van der Waals surface area contributed by atoms with Gasteiger partial charge < -0.3 is 10.1 Å². The molecule has 6 heteroatoms. The molecule has 0 spiro atoms. The highest BCUT2D eigenvalue weighted by Crippen LogP contribution is 2.20. The second-order valence-corrected chi connectivity index (χ2v) is 6.86. The van der Waals surface area contributed by atoms with E-state index >= 15 is 0 Å². The van der Waals surface area contributed by atoms with Gasteiger partial charge in [0, 0.05) is 22.5 Å². The number of Topliss-reactive ketones (excluding diaryl/α,β-unsaturated/α-hetero) is 1. The van der Waals surface area contributed by atoms with Crippen LogP contribution in [-0.4, -0.2) is 23.5 Å². The number of carbonyl (C=O) groups excluding carboxylic acids is 2. The summed E-state index contributed by atoms with van der Waals surface area (Å²) in [7, 11) is 0. The smallest absolute Gasteiger partial charge is 0.407 e. The molecular weight excluding hydrogens is 353 g/mol. The first-order valence-electron chi connectivity index (χ1n) is 7.10. The number of nitrogens with one attached hydrogen (secondary N) is 1.